The van der Waals surface area contributed by atoms with Crippen molar-refractivity contribution in [3.8, 4) is 0 Å². The van der Waals surface area contributed by atoms with E-state index in [-0.39, 0.29) is 36.6 Å². The summed E-state index contributed by atoms with van der Waals surface area (Å²) in [6.45, 7) is 0.334. The lowest BCUT2D eigenvalue weighted by Gasteiger charge is -2.31. The van der Waals surface area contributed by atoms with Crippen LogP contribution in [0.2, 0.25) is 0 Å². The average molecular weight is 397 g/mol. The molecular formula is C18H20FNO4S2. The predicted octanol–water partition coefficient (Wildman–Crippen LogP) is 2.59. The van der Waals surface area contributed by atoms with E-state index in [1.54, 1.807) is 24.3 Å². The Morgan fingerprint density at radius 3 is 2.04 bits per heavy atom. The quantitative estimate of drug-likeness (QED) is 0.727. The van der Waals surface area contributed by atoms with Crippen LogP contribution in [0.1, 0.15) is 18.4 Å². The van der Waals surface area contributed by atoms with Gasteiger partial charge >= 0.3 is 0 Å². The van der Waals surface area contributed by atoms with Gasteiger partial charge in [0.25, 0.3) is 0 Å². The van der Waals surface area contributed by atoms with Gasteiger partial charge in [-0.25, -0.2) is 25.5 Å². The fourth-order valence-electron chi connectivity index (χ4n) is 3.11. The molecule has 1 saturated heterocycles. The Kier molecular flexibility index (Phi) is 5.45. The van der Waals surface area contributed by atoms with E-state index in [2.05, 4.69) is 0 Å². The first kappa shape index (κ1) is 19.0. The molecule has 1 fully saturated rings. The number of halogens is 1. The van der Waals surface area contributed by atoms with E-state index in [9.17, 15) is 21.2 Å². The molecule has 0 spiro atoms. The molecule has 0 N–H and O–H groups in total. The molecule has 8 heteroatoms. The van der Waals surface area contributed by atoms with Gasteiger partial charge in [-0.15, -0.1) is 0 Å². The smallest absolute Gasteiger partial charge is 0.218 e. The summed E-state index contributed by atoms with van der Waals surface area (Å²) in [7, 11) is -7.08. The Labute approximate surface area is 153 Å². The van der Waals surface area contributed by atoms with Crippen molar-refractivity contribution >= 4 is 19.9 Å². The Morgan fingerprint density at radius 2 is 1.46 bits per heavy atom. The van der Waals surface area contributed by atoms with Crippen LogP contribution >= 0.6 is 0 Å². The second-order valence-corrected chi connectivity index (χ2v) is 10.5. The molecule has 2 aromatic carbocycles. The SMILES string of the molecule is O=S(=O)(c1ccc(F)cc1)C1CCN(S(=O)(=O)Cc2ccccc2)CC1. The summed E-state index contributed by atoms with van der Waals surface area (Å²) >= 11 is 0. The van der Waals surface area contributed by atoms with Gasteiger partial charge in [0.1, 0.15) is 5.82 Å². The minimum absolute atomic E-state index is 0.0736. The molecule has 0 aromatic heterocycles. The molecule has 0 aliphatic carbocycles. The topological polar surface area (TPSA) is 71.5 Å². The monoisotopic (exact) mass is 397 g/mol. The number of rotatable bonds is 5. The number of hydrogen-bond acceptors (Lipinski definition) is 4. The van der Waals surface area contributed by atoms with Crippen LogP contribution in [0, 0.1) is 5.82 Å². The predicted molar refractivity (Wildman–Crippen MR) is 97.2 cm³/mol. The van der Waals surface area contributed by atoms with Gasteiger partial charge in [-0.3, -0.25) is 0 Å². The standard InChI is InChI=1S/C18H20FNO4S2/c19-16-6-8-17(9-7-16)26(23,24)18-10-12-20(13-11-18)25(21,22)14-15-4-2-1-3-5-15/h1-9,18H,10-14H2. The van der Waals surface area contributed by atoms with Gasteiger partial charge in [-0.2, -0.15) is 0 Å². The highest BCUT2D eigenvalue weighted by Gasteiger charge is 2.35. The van der Waals surface area contributed by atoms with Crippen molar-refractivity contribution in [1.29, 1.82) is 0 Å². The van der Waals surface area contributed by atoms with Gasteiger partial charge in [0.2, 0.25) is 10.0 Å². The van der Waals surface area contributed by atoms with Gasteiger partial charge in [0.15, 0.2) is 9.84 Å². The van der Waals surface area contributed by atoms with E-state index in [0.29, 0.717) is 5.56 Å². The van der Waals surface area contributed by atoms with Crippen molar-refractivity contribution in [1.82, 2.24) is 4.31 Å². The van der Waals surface area contributed by atoms with E-state index in [1.165, 1.54) is 16.4 Å². The molecule has 0 unspecified atom stereocenters. The number of piperidine rings is 1. The third-order valence-electron chi connectivity index (χ3n) is 4.57. The lowest BCUT2D eigenvalue weighted by atomic mass is 10.2. The third kappa shape index (κ3) is 4.13. The van der Waals surface area contributed by atoms with Crippen LogP contribution in [0.3, 0.4) is 0 Å². The number of benzene rings is 2. The largest absolute Gasteiger partial charge is 0.223 e. The first-order chi connectivity index (χ1) is 12.3. The molecule has 26 heavy (non-hydrogen) atoms. The summed E-state index contributed by atoms with van der Waals surface area (Å²) < 4.78 is 64.8. The van der Waals surface area contributed by atoms with Crippen LogP contribution in [0.15, 0.2) is 59.5 Å². The zero-order valence-electron chi connectivity index (χ0n) is 14.1. The van der Waals surface area contributed by atoms with E-state index in [4.69, 9.17) is 0 Å². The van der Waals surface area contributed by atoms with E-state index >= 15 is 0 Å². The number of sulfonamides is 1. The van der Waals surface area contributed by atoms with Crippen LogP contribution < -0.4 is 0 Å². The van der Waals surface area contributed by atoms with Crippen molar-refractivity contribution < 1.29 is 21.2 Å². The number of sulfone groups is 1. The second-order valence-electron chi connectivity index (χ2n) is 6.34. The fraction of sp³-hybridized carbons (Fsp3) is 0.333. The molecular weight excluding hydrogens is 377 g/mol. The van der Waals surface area contributed by atoms with Crippen LogP contribution in [0.4, 0.5) is 4.39 Å². The molecule has 0 radical (unpaired) electrons. The highest BCUT2D eigenvalue weighted by Crippen LogP contribution is 2.26. The molecule has 1 aliphatic heterocycles. The zero-order chi connectivity index (χ0) is 18.8. The van der Waals surface area contributed by atoms with E-state index < -0.39 is 30.9 Å². The molecule has 3 rings (SSSR count). The van der Waals surface area contributed by atoms with Crippen molar-refractivity contribution in [2.24, 2.45) is 0 Å². The highest BCUT2D eigenvalue weighted by atomic mass is 32.2. The maximum atomic E-state index is 13.0. The first-order valence-electron chi connectivity index (χ1n) is 8.30. The maximum absolute atomic E-state index is 13.0. The van der Waals surface area contributed by atoms with Crippen molar-refractivity contribution in [3.63, 3.8) is 0 Å². The van der Waals surface area contributed by atoms with Gasteiger partial charge < -0.3 is 0 Å². The summed E-state index contributed by atoms with van der Waals surface area (Å²) in [5.74, 6) is -0.589. The zero-order valence-corrected chi connectivity index (χ0v) is 15.7. The van der Waals surface area contributed by atoms with Crippen LogP contribution in [-0.4, -0.2) is 39.5 Å². The van der Waals surface area contributed by atoms with Crippen molar-refractivity contribution in [3.05, 3.63) is 66.0 Å². The Morgan fingerprint density at radius 1 is 0.885 bits per heavy atom. The Balaban J connectivity index is 1.68. The van der Waals surface area contributed by atoms with Crippen molar-refractivity contribution in [2.45, 2.75) is 28.7 Å². The van der Waals surface area contributed by atoms with E-state index in [1.807, 2.05) is 6.07 Å². The van der Waals surface area contributed by atoms with Crippen LogP contribution in [0.5, 0.6) is 0 Å². The lowest BCUT2D eigenvalue weighted by Crippen LogP contribution is -2.42. The first-order valence-corrected chi connectivity index (χ1v) is 11.5. The summed E-state index contributed by atoms with van der Waals surface area (Å²) in [6.07, 6.45) is 0.460. The Bertz CT molecular complexity index is 950. The van der Waals surface area contributed by atoms with Crippen LogP contribution in [-0.2, 0) is 25.6 Å². The molecule has 5 nitrogen and oxygen atoms in total. The van der Waals surface area contributed by atoms with Crippen molar-refractivity contribution in [2.75, 3.05) is 13.1 Å². The molecule has 0 atom stereocenters. The third-order valence-corrected chi connectivity index (χ3v) is 8.70. The molecule has 2 aromatic rings. The minimum atomic E-state index is -3.59. The number of hydrogen-bond donors (Lipinski definition) is 0. The summed E-state index contributed by atoms with van der Waals surface area (Å²) in [5.41, 5.74) is 0.702. The summed E-state index contributed by atoms with van der Waals surface area (Å²) in [6, 6.07) is 13.6. The Hall–Kier alpha value is -1.77. The maximum Gasteiger partial charge on any atom is 0.218 e. The van der Waals surface area contributed by atoms with E-state index in [0.717, 1.165) is 12.1 Å². The molecule has 0 amide bonds. The molecule has 0 saturated carbocycles. The molecule has 1 aliphatic rings. The van der Waals surface area contributed by atoms with Gasteiger partial charge in [-0.1, -0.05) is 30.3 Å². The number of nitrogens with zero attached hydrogens (tertiary/aromatic N) is 1. The fourth-order valence-corrected chi connectivity index (χ4v) is 6.41. The second kappa shape index (κ2) is 7.46. The molecule has 0 bridgehead atoms. The molecule has 1 heterocycles. The summed E-state index contributed by atoms with van der Waals surface area (Å²) in [5, 5.41) is -0.656. The minimum Gasteiger partial charge on any atom is -0.223 e. The lowest BCUT2D eigenvalue weighted by molar-refractivity contribution is 0.345. The average Bonchev–Trinajstić information content (AvgIpc) is 2.63. The normalized spacial score (nSPS) is 17.3. The van der Waals surface area contributed by atoms with Gasteiger partial charge in [0, 0.05) is 13.1 Å². The molecule has 140 valence electrons. The highest BCUT2D eigenvalue weighted by molar-refractivity contribution is 7.92. The van der Waals surface area contributed by atoms with Gasteiger partial charge in [0.05, 0.1) is 15.9 Å². The van der Waals surface area contributed by atoms with Crippen LogP contribution in [0.25, 0.3) is 0 Å². The summed E-state index contributed by atoms with van der Waals surface area (Å²) in [4.78, 5) is 0.0736. The van der Waals surface area contributed by atoms with Gasteiger partial charge in [-0.05, 0) is 42.7 Å².